The zero-order chi connectivity index (χ0) is 12.3. The first-order valence-corrected chi connectivity index (χ1v) is 5.77. The number of rotatable bonds is 3. The third-order valence-corrected chi connectivity index (χ3v) is 2.79. The third kappa shape index (κ3) is 2.86. The zero-order valence-electron chi connectivity index (χ0n) is 9.50. The van der Waals surface area contributed by atoms with E-state index in [1.807, 2.05) is 31.2 Å². The summed E-state index contributed by atoms with van der Waals surface area (Å²) in [5.74, 6) is 0.780. The molecule has 0 saturated heterocycles. The molecule has 86 valence electrons. The van der Waals surface area contributed by atoms with Gasteiger partial charge in [0.2, 0.25) is 0 Å². The largest absolute Gasteiger partial charge is 0.345 e. The molecule has 4 heteroatoms. The fourth-order valence-electron chi connectivity index (χ4n) is 1.78. The van der Waals surface area contributed by atoms with Crippen LogP contribution in [0.5, 0.6) is 0 Å². The molecule has 1 heterocycles. The first-order valence-electron chi connectivity index (χ1n) is 5.39. The van der Waals surface area contributed by atoms with Crippen LogP contribution >= 0.6 is 11.6 Å². The number of H-pyrrole nitrogens is 1. The molecule has 0 aliphatic carbocycles. The second-order valence-corrected chi connectivity index (χ2v) is 4.33. The SMILES string of the molecule is Cc1nc(C#N)c(CCc2cccc(Cl)c2)[nH]1. The van der Waals surface area contributed by atoms with Gasteiger partial charge in [0.25, 0.3) is 0 Å². The Morgan fingerprint density at radius 1 is 1.41 bits per heavy atom. The Hall–Kier alpha value is -1.79. The van der Waals surface area contributed by atoms with Crippen molar-refractivity contribution < 1.29 is 0 Å². The van der Waals surface area contributed by atoms with Gasteiger partial charge in [-0.15, -0.1) is 0 Å². The average Bonchev–Trinajstić information content (AvgIpc) is 2.67. The minimum absolute atomic E-state index is 0.490. The van der Waals surface area contributed by atoms with E-state index < -0.39 is 0 Å². The van der Waals surface area contributed by atoms with Gasteiger partial charge in [0.1, 0.15) is 11.9 Å². The summed E-state index contributed by atoms with van der Waals surface area (Å²) in [6.45, 7) is 1.85. The van der Waals surface area contributed by atoms with E-state index in [2.05, 4.69) is 16.0 Å². The van der Waals surface area contributed by atoms with E-state index in [1.54, 1.807) is 0 Å². The van der Waals surface area contributed by atoms with Gasteiger partial charge in [0.05, 0.1) is 5.69 Å². The quantitative estimate of drug-likeness (QED) is 0.904. The number of nitrogens with one attached hydrogen (secondary N) is 1. The maximum atomic E-state index is 8.92. The monoisotopic (exact) mass is 245 g/mol. The number of hydrogen-bond acceptors (Lipinski definition) is 2. The number of nitrogens with zero attached hydrogens (tertiary/aromatic N) is 2. The van der Waals surface area contributed by atoms with Crippen LogP contribution in [0.1, 0.15) is 22.8 Å². The van der Waals surface area contributed by atoms with Crippen molar-refractivity contribution in [2.24, 2.45) is 0 Å². The molecule has 0 radical (unpaired) electrons. The highest BCUT2D eigenvalue weighted by molar-refractivity contribution is 6.30. The van der Waals surface area contributed by atoms with E-state index in [4.69, 9.17) is 16.9 Å². The molecular weight excluding hydrogens is 234 g/mol. The van der Waals surface area contributed by atoms with Crippen LogP contribution < -0.4 is 0 Å². The molecule has 2 rings (SSSR count). The lowest BCUT2D eigenvalue weighted by atomic mass is 10.1. The number of aromatic nitrogens is 2. The minimum atomic E-state index is 0.490. The summed E-state index contributed by atoms with van der Waals surface area (Å²) in [6.07, 6.45) is 1.61. The fraction of sp³-hybridized carbons (Fsp3) is 0.231. The van der Waals surface area contributed by atoms with Crippen LogP contribution in [0.15, 0.2) is 24.3 Å². The molecule has 2 aromatic rings. The van der Waals surface area contributed by atoms with E-state index in [1.165, 1.54) is 0 Å². The van der Waals surface area contributed by atoms with Gasteiger partial charge in [-0.2, -0.15) is 5.26 Å². The van der Waals surface area contributed by atoms with E-state index in [0.29, 0.717) is 5.69 Å². The van der Waals surface area contributed by atoms with Crippen molar-refractivity contribution in [2.45, 2.75) is 19.8 Å². The van der Waals surface area contributed by atoms with Crippen LogP contribution in [0.4, 0.5) is 0 Å². The fourth-order valence-corrected chi connectivity index (χ4v) is 1.99. The van der Waals surface area contributed by atoms with Gasteiger partial charge in [-0.1, -0.05) is 23.7 Å². The normalized spacial score (nSPS) is 10.2. The summed E-state index contributed by atoms with van der Waals surface area (Å²) in [5.41, 5.74) is 2.54. The first kappa shape index (κ1) is 11.7. The Morgan fingerprint density at radius 3 is 2.94 bits per heavy atom. The van der Waals surface area contributed by atoms with Crippen LogP contribution in [0, 0.1) is 18.3 Å². The number of halogens is 1. The van der Waals surface area contributed by atoms with E-state index >= 15 is 0 Å². The minimum Gasteiger partial charge on any atom is -0.345 e. The molecule has 0 aliphatic heterocycles. The molecule has 0 saturated carbocycles. The Bertz CT molecular complexity index is 566. The van der Waals surface area contributed by atoms with Crippen molar-refractivity contribution in [2.75, 3.05) is 0 Å². The van der Waals surface area contributed by atoms with Crippen LogP contribution in [-0.4, -0.2) is 9.97 Å². The number of imidazole rings is 1. The highest BCUT2D eigenvalue weighted by atomic mass is 35.5. The molecule has 0 amide bonds. The number of nitriles is 1. The molecule has 1 N–H and O–H groups in total. The summed E-state index contributed by atoms with van der Waals surface area (Å²) in [6, 6.07) is 9.85. The molecule has 1 aromatic carbocycles. The second kappa shape index (κ2) is 5.03. The first-order chi connectivity index (χ1) is 8.19. The van der Waals surface area contributed by atoms with Gasteiger partial charge in [-0.25, -0.2) is 4.98 Å². The molecule has 17 heavy (non-hydrogen) atoms. The smallest absolute Gasteiger partial charge is 0.161 e. The molecule has 1 aromatic heterocycles. The number of hydrogen-bond donors (Lipinski definition) is 1. The maximum Gasteiger partial charge on any atom is 0.161 e. The molecule has 3 nitrogen and oxygen atoms in total. The Kier molecular flexibility index (Phi) is 3.46. The van der Waals surface area contributed by atoms with Gasteiger partial charge < -0.3 is 4.98 Å². The number of aryl methyl sites for hydroxylation is 3. The zero-order valence-corrected chi connectivity index (χ0v) is 10.3. The third-order valence-electron chi connectivity index (χ3n) is 2.56. The van der Waals surface area contributed by atoms with Gasteiger partial charge in [-0.05, 0) is 37.5 Å². The Labute approximate surface area is 105 Å². The predicted molar refractivity (Wildman–Crippen MR) is 66.9 cm³/mol. The van der Waals surface area contributed by atoms with Crippen LogP contribution in [0.3, 0.4) is 0 Å². The molecule has 0 bridgehead atoms. The summed E-state index contributed by atoms with van der Waals surface area (Å²) in [4.78, 5) is 7.23. The van der Waals surface area contributed by atoms with Crippen molar-refractivity contribution in [1.82, 2.24) is 9.97 Å². The Balaban J connectivity index is 2.10. The van der Waals surface area contributed by atoms with Gasteiger partial charge >= 0.3 is 0 Å². The summed E-state index contributed by atoms with van der Waals surface area (Å²) < 4.78 is 0. The number of aromatic amines is 1. The molecule has 0 atom stereocenters. The topological polar surface area (TPSA) is 52.5 Å². The lowest BCUT2D eigenvalue weighted by molar-refractivity contribution is 0.916. The summed E-state index contributed by atoms with van der Waals surface area (Å²) >= 11 is 5.92. The highest BCUT2D eigenvalue weighted by Crippen LogP contribution is 2.14. The lowest BCUT2D eigenvalue weighted by Crippen LogP contribution is -1.94. The maximum absolute atomic E-state index is 8.92. The van der Waals surface area contributed by atoms with Gasteiger partial charge in [-0.3, -0.25) is 0 Å². The van der Waals surface area contributed by atoms with Crippen LogP contribution in [0.2, 0.25) is 5.02 Å². The van der Waals surface area contributed by atoms with Gasteiger partial charge in [0, 0.05) is 5.02 Å². The average molecular weight is 246 g/mol. The Morgan fingerprint density at radius 2 is 2.24 bits per heavy atom. The molecule has 0 spiro atoms. The van der Waals surface area contributed by atoms with Crippen molar-refractivity contribution in [3.05, 3.63) is 52.1 Å². The van der Waals surface area contributed by atoms with Crippen LogP contribution in [-0.2, 0) is 12.8 Å². The highest BCUT2D eigenvalue weighted by Gasteiger charge is 2.07. The molecule has 0 unspecified atom stereocenters. The predicted octanol–water partition coefficient (Wildman–Crippen LogP) is 3.03. The van der Waals surface area contributed by atoms with Crippen LogP contribution in [0.25, 0.3) is 0 Å². The summed E-state index contributed by atoms with van der Waals surface area (Å²) in [7, 11) is 0. The molecular formula is C13H12ClN3. The van der Waals surface area contributed by atoms with E-state index in [9.17, 15) is 0 Å². The number of benzene rings is 1. The van der Waals surface area contributed by atoms with Crippen molar-refractivity contribution in [1.29, 1.82) is 5.26 Å². The standard InChI is InChI=1S/C13H12ClN3/c1-9-16-12(13(8-15)17-9)6-5-10-3-2-4-11(14)7-10/h2-4,7H,5-6H2,1H3,(H,16,17). The molecule has 0 fully saturated rings. The van der Waals surface area contributed by atoms with Crippen molar-refractivity contribution in [3.8, 4) is 6.07 Å². The van der Waals surface area contributed by atoms with E-state index in [0.717, 1.165) is 34.9 Å². The van der Waals surface area contributed by atoms with Crippen molar-refractivity contribution >= 4 is 11.6 Å². The molecule has 0 aliphatic rings. The van der Waals surface area contributed by atoms with Crippen molar-refractivity contribution in [3.63, 3.8) is 0 Å². The lowest BCUT2D eigenvalue weighted by Gasteiger charge is -2.00. The second-order valence-electron chi connectivity index (χ2n) is 3.89. The van der Waals surface area contributed by atoms with E-state index in [-0.39, 0.29) is 0 Å². The van der Waals surface area contributed by atoms with Gasteiger partial charge in [0.15, 0.2) is 5.69 Å². The summed E-state index contributed by atoms with van der Waals surface area (Å²) in [5, 5.41) is 9.66.